The maximum absolute atomic E-state index is 12.3. The van der Waals surface area contributed by atoms with E-state index in [2.05, 4.69) is 21.1 Å². The van der Waals surface area contributed by atoms with Gasteiger partial charge in [0.2, 0.25) is 0 Å². The fourth-order valence-corrected chi connectivity index (χ4v) is 3.16. The fourth-order valence-electron chi connectivity index (χ4n) is 1.99. The zero-order valence-corrected chi connectivity index (χ0v) is 15.5. The molecular formula is C17H20N4O2S2. The first kappa shape index (κ1) is 19.0. The molecule has 0 radical (unpaired) electrons. The molecule has 0 unspecified atom stereocenters. The van der Waals surface area contributed by atoms with Crippen molar-refractivity contribution in [2.75, 3.05) is 0 Å². The molecular weight excluding hydrogens is 356 g/mol. The van der Waals surface area contributed by atoms with Gasteiger partial charge in [0, 0.05) is 9.75 Å². The highest BCUT2D eigenvalue weighted by Gasteiger charge is 2.25. The van der Waals surface area contributed by atoms with Crippen LogP contribution in [-0.4, -0.2) is 24.2 Å². The topological polar surface area (TPSA) is 82.9 Å². The quantitative estimate of drug-likeness (QED) is 0.400. The van der Waals surface area contributed by atoms with Gasteiger partial charge in [0.05, 0.1) is 12.4 Å². The monoisotopic (exact) mass is 376 g/mol. The van der Waals surface area contributed by atoms with Crippen molar-refractivity contribution in [1.29, 1.82) is 0 Å². The van der Waals surface area contributed by atoms with Crippen molar-refractivity contribution in [3.05, 3.63) is 44.8 Å². The highest BCUT2D eigenvalue weighted by Crippen LogP contribution is 2.10. The van der Waals surface area contributed by atoms with Crippen molar-refractivity contribution < 1.29 is 9.59 Å². The second-order valence-corrected chi connectivity index (χ2v) is 7.15. The average molecular weight is 377 g/mol. The lowest BCUT2D eigenvalue weighted by molar-refractivity contribution is -0.135. The molecule has 2 aromatic heterocycles. The van der Waals surface area contributed by atoms with Gasteiger partial charge in [-0.2, -0.15) is 10.2 Å². The van der Waals surface area contributed by atoms with E-state index >= 15 is 0 Å². The van der Waals surface area contributed by atoms with E-state index in [4.69, 9.17) is 0 Å². The SMILES string of the molecule is CCCCC(C(=O)NN=Cc1cccs1)C(=O)NN=Cc1cccs1. The standard InChI is InChI=1S/C17H20N4O2S2/c1-2-3-8-15(16(22)20-18-11-13-6-4-9-24-13)17(23)21-19-12-14-7-5-10-25-14/h4-7,9-12,15H,2-3,8H2,1H3,(H,20,22)(H,21,23). The summed E-state index contributed by atoms with van der Waals surface area (Å²) in [5.41, 5.74) is 4.88. The van der Waals surface area contributed by atoms with Gasteiger partial charge >= 0.3 is 0 Å². The minimum Gasteiger partial charge on any atom is -0.272 e. The van der Waals surface area contributed by atoms with Crippen LogP contribution >= 0.6 is 22.7 Å². The van der Waals surface area contributed by atoms with E-state index in [9.17, 15) is 9.59 Å². The molecule has 2 aromatic rings. The molecule has 0 aliphatic carbocycles. The highest BCUT2D eigenvalue weighted by molar-refractivity contribution is 7.12. The summed E-state index contributed by atoms with van der Waals surface area (Å²) in [5.74, 6) is -1.67. The van der Waals surface area contributed by atoms with Crippen LogP contribution in [0.4, 0.5) is 0 Å². The molecule has 0 spiro atoms. The summed E-state index contributed by atoms with van der Waals surface area (Å²) in [6.07, 6.45) is 5.25. The molecule has 0 saturated heterocycles. The first-order chi connectivity index (χ1) is 12.2. The maximum Gasteiger partial charge on any atom is 0.252 e. The number of hydrazone groups is 2. The number of amides is 2. The van der Waals surface area contributed by atoms with Crippen LogP contribution in [0.3, 0.4) is 0 Å². The third kappa shape index (κ3) is 6.60. The van der Waals surface area contributed by atoms with Crippen LogP contribution in [0, 0.1) is 5.92 Å². The minimum atomic E-state index is -0.819. The second-order valence-electron chi connectivity index (χ2n) is 5.19. The zero-order valence-electron chi connectivity index (χ0n) is 13.8. The van der Waals surface area contributed by atoms with E-state index in [1.807, 2.05) is 41.9 Å². The molecule has 0 atom stereocenters. The number of unbranched alkanes of at least 4 members (excludes halogenated alkanes) is 1. The Morgan fingerprint density at radius 3 is 1.96 bits per heavy atom. The first-order valence-corrected chi connectivity index (χ1v) is 9.69. The Kier molecular flexibility index (Phi) is 8.00. The molecule has 0 aliphatic heterocycles. The summed E-state index contributed by atoms with van der Waals surface area (Å²) >= 11 is 3.03. The van der Waals surface area contributed by atoms with Crippen molar-refractivity contribution >= 4 is 46.9 Å². The molecule has 0 aromatic carbocycles. The molecule has 8 heteroatoms. The van der Waals surface area contributed by atoms with Crippen LogP contribution in [0.25, 0.3) is 0 Å². The summed E-state index contributed by atoms with van der Waals surface area (Å²) in [6.45, 7) is 2.01. The van der Waals surface area contributed by atoms with Gasteiger partial charge in [-0.05, 0) is 29.3 Å². The normalized spacial score (nSPS) is 12.5. The van der Waals surface area contributed by atoms with E-state index in [-0.39, 0.29) is 0 Å². The second kappa shape index (κ2) is 10.5. The largest absolute Gasteiger partial charge is 0.272 e. The number of carbonyl (C=O) groups excluding carboxylic acids is 2. The summed E-state index contributed by atoms with van der Waals surface area (Å²) in [4.78, 5) is 26.4. The van der Waals surface area contributed by atoms with Gasteiger partial charge in [0.1, 0.15) is 5.92 Å². The van der Waals surface area contributed by atoms with Crippen molar-refractivity contribution in [3.63, 3.8) is 0 Å². The van der Waals surface area contributed by atoms with Crippen LogP contribution in [0.5, 0.6) is 0 Å². The molecule has 2 amide bonds. The number of nitrogens with zero attached hydrogens (tertiary/aromatic N) is 2. The molecule has 6 nitrogen and oxygen atoms in total. The van der Waals surface area contributed by atoms with Gasteiger partial charge in [0.15, 0.2) is 0 Å². The number of carbonyl (C=O) groups is 2. The van der Waals surface area contributed by atoms with E-state index in [0.717, 1.165) is 22.6 Å². The number of nitrogens with one attached hydrogen (secondary N) is 2. The molecule has 0 fully saturated rings. The lowest BCUT2D eigenvalue weighted by atomic mass is 10.0. The lowest BCUT2D eigenvalue weighted by Crippen LogP contribution is -2.38. The molecule has 0 bridgehead atoms. The van der Waals surface area contributed by atoms with E-state index < -0.39 is 17.7 Å². The predicted octanol–water partition coefficient (Wildman–Crippen LogP) is 3.22. The number of hydrogen-bond acceptors (Lipinski definition) is 6. The lowest BCUT2D eigenvalue weighted by Gasteiger charge is -2.12. The Morgan fingerprint density at radius 2 is 1.56 bits per heavy atom. The fraction of sp³-hybridized carbons (Fsp3) is 0.294. The summed E-state index contributed by atoms with van der Waals surface area (Å²) in [7, 11) is 0. The number of hydrogen-bond donors (Lipinski definition) is 2. The molecule has 0 aliphatic rings. The Hall–Kier alpha value is -2.32. The Morgan fingerprint density at radius 1 is 1.04 bits per heavy atom. The predicted molar refractivity (Wildman–Crippen MR) is 103 cm³/mol. The van der Waals surface area contributed by atoms with Crippen molar-refractivity contribution in [3.8, 4) is 0 Å². The molecule has 25 heavy (non-hydrogen) atoms. The maximum atomic E-state index is 12.3. The summed E-state index contributed by atoms with van der Waals surface area (Å²) in [5, 5.41) is 11.7. The van der Waals surface area contributed by atoms with Crippen LogP contribution in [0.1, 0.15) is 35.9 Å². The van der Waals surface area contributed by atoms with Gasteiger partial charge in [-0.25, -0.2) is 10.9 Å². The average Bonchev–Trinajstić information content (AvgIpc) is 3.29. The molecule has 2 rings (SSSR count). The summed E-state index contributed by atoms with van der Waals surface area (Å²) in [6, 6.07) is 7.58. The third-order valence-electron chi connectivity index (χ3n) is 3.30. The summed E-state index contributed by atoms with van der Waals surface area (Å²) < 4.78 is 0. The van der Waals surface area contributed by atoms with Gasteiger partial charge in [0.25, 0.3) is 11.8 Å². The van der Waals surface area contributed by atoms with Gasteiger partial charge < -0.3 is 0 Å². The van der Waals surface area contributed by atoms with E-state index in [0.29, 0.717) is 6.42 Å². The van der Waals surface area contributed by atoms with Crippen LogP contribution in [-0.2, 0) is 9.59 Å². The number of thiophene rings is 2. The highest BCUT2D eigenvalue weighted by atomic mass is 32.1. The molecule has 2 heterocycles. The molecule has 2 N–H and O–H groups in total. The van der Waals surface area contributed by atoms with Gasteiger partial charge in [-0.1, -0.05) is 31.9 Å². The van der Waals surface area contributed by atoms with Gasteiger partial charge in [-0.3, -0.25) is 9.59 Å². The Labute approximate surface area is 154 Å². The smallest absolute Gasteiger partial charge is 0.252 e. The Balaban J connectivity index is 1.91. The van der Waals surface area contributed by atoms with Crippen molar-refractivity contribution in [2.45, 2.75) is 26.2 Å². The van der Waals surface area contributed by atoms with Crippen LogP contribution in [0.2, 0.25) is 0 Å². The minimum absolute atomic E-state index is 0.426. The Bertz CT molecular complexity index is 651. The van der Waals surface area contributed by atoms with E-state index in [1.165, 1.54) is 22.7 Å². The molecule has 0 saturated carbocycles. The van der Waals surface area contributed by atoms with Crippen LogP contribution < -0.4 is 10.9 Å². The van der Waals surface area contributed by atoms with Crippen molar-refractivity contribution in [1.82, 2.24) is 10.9 Å². The molecule has 132 valence electrons. The van der Waals surface area contributed by atoms with Crippen LogP contribution in [0.15, 0.2) is 45.2 Å². The zero-order chi connectivity index (χ0) is 17.9. The first-order valence-electron chi connectivity index (χ1n) is 7.93. The van der Waals surface area contributed by atoms with Crippen molar-refractivity contribution in [2.24, 2.45) is 16.1 Å². The van der Waals surface area contributed by atoms with Gasteiger partial charge in [-0.15, -0.1) is 22.7 Å². The third-order valence-corrected chi connectivity index (χ3v) is 4.91. The van der Waals surface area contributed by atoms with E-state index in [1.54, 1.807) is 12.4 Å². The number of rotatable bonds is 9.